The average Bonchev–Trinajstić information content (AvgIpc) is 3.46. The molecular weight excluding hydrogens is 514 g/mol. The minimum atomic E-state index is -0.642. The molecule has 2 aliphatic rings. The Bertz CT molecular complexity index is 1390. The number of thioether (sulfide) groups is 1. The monoisotopic (exact) mass is 535 g/mol. The molecule has 3 aromatic carbocycles. The lowest BCUT2D eigenvalue weighted by molar-refractivity contribution is -0.128. The molecule has 8 nitrogen and oxygen atoms in total. The number of carbonyl (C=O) groups is 3. The van der Waals surface area contributed by atoms with E-state index in [1.165, 1.54) is 18.7 Å². The fraction of sp³-hybridized carbons (Fsp3) is 0.185. The number of aliphatic imine (C=N–C) groups is 1. The Hall–Kier alpha value is -3.82. The fourth-order valence-electron chi connectivity index (χ4n) is 3.89. The number of amidine groups is 1. The molecule has 0 aliphatic carbocycles. The molecule has 3 aromatic rings. The Labute approximate surface area is 222 Å². The van der Waals surface area contributed by atoms with E-state index in [0.717, 1.165) is 5.56 Å². The van der Waals surface area contributed by atoms with E-state index < -0.39 is 5.25 Å². The van der Waals surface area contributed by atoms with Gasteiger partial charge in [0.15, 0.2) is 22.4 Å². The molecule has 1 fully saturated rings. The summed E-state index contributed by atoms with van der Waals surface area (Å²) in [5, 5.41) is 3.24. The Balaban J connectivity index is 1.34. The molecule has 2 heterocycles. The SMILES string of the molecule is CC(=O)c1ccc(NC(=O)C[C@@H]2SC(=Nc3ccc(Cl)cc3)N(Cc3ccc4c(c3)OCO4)C2=O)cc1. The van der Waals surface area contributed by atoms with Gasteiger partial charge in [-0.05, 0) is 73.2 Å². The standard InChI is InChI=1S/C27H22ClN3O5S/c1-16(32)18-3-7-20(8-4-18)29-25(33)13-24-26(34)31(14-17-2-11-22-23(12-17)36-15-35-22)27(37-24)30-21-9-5-19(28)6-10-21/h2-12,24H,13-15H2,1H3,(H,29,33)/t24-/m0/s1. The van der Waals surface area contributed by atoms with Crippen LogP contribution in [0.1, 0.15) is 29.3 Å². The van der Waals surface area contributed by atoms with Crippen molar-refractivity contribution in [1.82, 2.24) is 4.90 Å². The van der Waals surface area contributed by atoms with Crippen LogP contribution in [0.3, 0.4) is 0 Å². The Morgan fingerprint density at radius 3 is 2.51 bits per heavy atom. The van der Waals surface area contributed by atoms with Gasteiger partial charge >= 0.3 is 0 Å². The number of carbonyl (C=O) groups excluding carboxylic acids is 3. The lowest BCUT2D eigenvalue weighted by Gasteiger charge is -2.17. The van der Waals surface area contributed by atoms with Crippen LogP contribution in [0.25, 0.3) is 0 Å². The van der Waals surface area contributed by atoms with Crippen molar-refractivity contribution in [1.29, 1.82) is 0 Å². The molecule has 5 rings (SSSR count). The molecule has 0 unspecified atom stereocenters. The predicted octanol–water partition coefficient (Wildman–Crippen LogP) is 5.43. The topological polar surface area (TPSA) is 97.3 Å². The van der Waals surface area contributed by atoms with Crippen molar-refractivity contribution in [3.63, 3.8) is 0 Å². The van der Waals surface area contributed by atoms with E-state index in [1.807, 2.05) is 18.2 Å². The number of hydrogen-bond acceptors (Lipinski definition) is 7. The molecule has 1 atom stereocenters. The second-order valence-corrected chi connectivity index (χ2v) is 10.1. The molecule has 1 N–H and O–H groups in total. The van der Waals surface area contributed by atoms with E-state index in [9.17, 15) is 14.4 Å². The van der Waals surface area contributed by atoms with Crippen LogP contribution in [0.4, 0.5) is 11.4 Å². The number of ether oxygens (including phenoxy) is 2. The summed E-state index contributed by atoms with van der Waals surface area (Å²) in [7, 11) is 0. The molecule has 0 bridgehead atoms. The second kappa shape index (κ2) is 10.7. The summed E-state index contributed by atoms with van der Waals surface area (Å²) in [5.74, 6) is 0.710. The van der Waals surface area contributed by atoms with Crippen LogP contribution in [-0.4, -0.2) is 39.7 Å². The first-order chi connectivity index (χ1) is 17.9. The van der Waals surface area contributed by atoms with E-state index in [-0.39, 0.29) is 37.4 Å². The molecule has 188 valence electrons. The molecule has 1 saturated heterocycles. The second-order valence-electron chi connectivity index (χ2n) is 8.48. The molecule has 0 saturated carbocycles. The van der Waals surface area contributed by atoms with Gasteiger partial charge in [0, 0.05) is 22.7 Å². The minimum Gasteiger partial charge on any atom is -0.454 e. The number of nitrogens with one attached hydrogen (secondary N) is 1. The van der Waals surface area contributed by atoms with Crippen molar-refractivity contribution >= 4 is 57.5 Å². The van der Waals surface area contributed by atoms with Gasteiger partial charge in [0.2, 0.25) is 18.6 Å². The predicted molar refractivity (Wildman–Crippen MR) is 143 cm³/mol. The van der Waals surface area contributed by atoms with Crippen molar-refractivity contribution in [2.75, 3.05) is 12.1 Å². The Morgan fingerprint density at radius 2 is 1.78 bits per heavy atom. The largest absolute Gasteiger partial charge is 0.454 e. The third-order valence-electron chi connectivity index (χ3n) is 5.80. The molecule has 10 heteroatoms. The summed E-state index contributed by atoms with van der Waals surface area (Å²) < 4.78 is 10.8. The summed E-state index contributed by atoms with van der Waals surface area (Å²) >= 11 is 7.25. The van der Waals surface area contributed by atoms with Gasteiger partial charge in [0.1, 0.15) is 5.25 Å². The average molecular weight is 536 g/mol. The third-order valence-corrected chi connectivity index (χ3v) is 7.22. The van der Waals surface area contributed by atoms with Crippen LogP contribution in [0.2, 0.25) is 5.02 Å². The van der Waals surface area contributed by atoms with Gasteiger partial charge in [-0.1, -0.05) is 29.4 Å². The zero-order chi connectivity index (χ0) is 25.9. The first-order valence-corrected chi connectivity index (χ1v) is 12.7. The first-order valence-electron chi connectivity index (χ1n) is 11.5. The number of Topliss-reactive ketones (excluding diaryl/α,β-unsaturated/α-hetero) is 1. The van der Waals surface area contributed by atoms with Gasteiger partial charge in [-0.2, -0.15) is 0 Å². The Morgan fingerprint density at radius 1 is 1.05 bits per heavy atom. The van der Waals surface area contributed by atoms with E-state index in [1.54, 1.807) is 53.4 Å². The maximum atomic E-state index is 13.4. The third kappa shape index (κ3) is 5.79. The van der Waals surface area contributed by atoms with Gasteiger partial charge < -0.3 is 14.8 Å². The van der Waals surface area contributed by atoms with Crippen LogP contribution in [-0.2, 0) is 16.1 Å². The molecule has 0 aromatic heterocycles. The number of rotatable bonds is 7. The number of fused-ring (bicyclic) bond motifs is 1. The number of nitrogens with zero attached hydrogens (tertiary/aromatic N) is 2. The molecule has 0 radical (unpaired) electrons. The smallest absolute Gasteiger partial charge is 0.242 e. The molecule has 2 aliphatic heterocycles. The number of anilines is 1. The summed E-state index contributed by atoms with van der Waals surface area (Å²) in [6, 6.07) is 19.1. The van der Waals surface area contributed by atoms with Crippen LogP contribution < -0.4 is 14.8 Å². The number of halogens is 1. The number of hydrogen-bond donors (Lipinski definition) is 1. The van der Waals surface area contributed by atoms with Crippen LogP contribution in [0.15, 0.2) is 71.7 Å². The van der Waals surface area contributed by atoms with Gasteiger partial charge in [-0.15, -0.1) is 0 Å². The van der Waals surface area contributed by atoms with Crippen LogP contribution in [0, 0.1) is 0 Å². The van der Waals surface area contributed by atoms with E-state index in [4.69, 9.17) is 21.1 Å². The van der Waals surface area contributed by atoms with Gasteiger partial charge in [-0.25, -0.2) is 4.99 Å². The zero-order valence-corrected chi connectivity index (χ0v) is 21.3. The lowest BCUT2D eigenvalue weighted by Crippen LogP contribution is -2.33. The quantitative estimate of drug-likeness (QED) is 0.405. The minimum absolute atomic E-state index is 0.0325. The van der Waals surface area contributed by atoms with Crippen molar-refractivity contribution < 1.29 is 23.9 Å². The van der Waals surface area contributed by atoms with Crippen molar-refractivity contribution in [3.05, 3.63) is 82.9 Å². The van der Waals surface area contributed by atoms with E-state index in [0.29, 0.717) is 38.6 Å². The highest BCUT2D eigenvalue weighted by Crippen LogP contribution is 2.36. The van der Waals surface area contributed by atoms with Crippen molar-refractivity contribution in [3.8, 4) is 11.5 Å². The number of ketones is 1. The van der Waals surface area contributed by atoms with Gasteiger partial charge in [0.05, 0.1) is 12.2 Å². The first kappa shape index (κ1) is 24.9. The van der Waals surface area contributed by atoms with Crippen LogP contribution in [0.5, 0.6) is 11.5 Å². The highest BCUT2D eigenvalue weighted by Gasteiger charge is 2.39. The van der Waals surface area contributed by atoms with Crippen molar-refractivity contribution in [2.45, 2.75) is 25.1 Å². The lowest BCUT2D eigenvalue weighted by atomic mass is 10.1. The number of amides is 2. The fourth-order valence-corrected chi connectivity index (χ4v) is 5.17. The summed E-state index contributed by atoms with van der Waals surface area (Å²) in [6.45, 7) is 1.91. The maximum absolute atomic E-state index is 13.4. The highest BCUT2D eigenvalue weighted by molar-refractivity contribution is 8.15. The summed E-state index contributed by atoms with van der Waals surface area (Å²) in [5.41, 5.74) is 2.60. The summed E-state index contributed by atoms with van der Waals surface area (Å²) in [4.78, 5) is 43.9. The highest BCUT2D eigenvalue weighted by atomic mass is 35.5. The maximum Gasteiger partial charge on any atom is 0.242 e. The summed E-state index contributed by atoms with van der Waals surface area (Å²) in [6.07, 6.45) is -0.0325. The van der Waals surface area contributed by atoms with Gasteiger partial charge in [-0.3, -0.25) is 19.3 Å². The number of benzene rings is 3. The molecular formula is C27H22ClN3O5S. The Kier molecular flexibility index (Phi) is 7.16. The van der Waals surface area contributed by atoms with Crippen LogP contribution >= 0.6 is 23.4 Å². The molecule has 0 spiro atoms. The van der Waals surface area contributed by atoms with Gasteiger partial charge in [0.25, 0.3) is 0 Å². The normalized spacial score (nSPS) is 17.4. The van der Waals surface area contributed by atoms with E-state index in [2.05, 4.69) is 10.3 Å². The van der Waals surface area contributed by atoms with Crippen molar-refractivity contribution in [2.24, 2.45) is 4.99 Å². The zero-order valence-electron chi connectivity index (χ0n) is 19.8. The molecule has 2 amide bonds. The van der Waals surface area contributed by atoms with E-state index >= 15 is 0 Å². The molecule has 37 heavy (non-hydrogen) atoms.